The third-order valence-electron chi connectivity index (χ3n) is 3.07. The maximum atomic E-state index is 12.1. The van der Waals surface area contributed by atoms with Crippen molar-refractivity contribution in [3.05, 3.63) is 5.82 Å². The van der Waals surface area contributed by atoms with E-state index < -0.39 is 0 Å². The number of rotatable bonds is 4. The maximum Gasteiger partial charge on any atom is 0.182 e. The number of morpholine rings is 1. The Labute approximate surface area is 106 Å². The molecule has 2 heterocycles. The van der Waals surface area contributed by atoms with Crippen LogP contribution in [0.25, 0.3) is 0 Å². The predicted molar refractivity (Wildman–Crippen MR) is 64.0 cm³/mol. The summed E-state index contributed by atoms with van der Waals surface area (Å²) in [6.45, 7) is 6.37. The molecule has 0 N–H and O–H groups in total. The second kappa shape index (κ2) is 5.53. The fraction of sp³-hybridized carbons (Fsp3) is 0.818. The molecule has 0 bridgehead atoms. The van der Waals surface area contributed by atoms with Crippen molar-refractivity contribution in [2.45, 2.75) is 32.4 Å². The van der Waals surface area contributed by atoms with Crippen LogP contribution in [0.3, 0.4) is 0 Å². The van der Waals surface area contributed by atoms with E-state index in [2.05, 4.69) is 34.2 Å². The number of ether oxygens (including phenoxy) is 1. The van der Waals surface area contributed by atoms with Gasteiger partial charge in [0.15, 0.2) is 11.6 Å². The summed E-state index contributed by atoms with van der Waals surface area (Å²) < 4.78 is 5.53. The first-order valence-electron chi connectivity index (χ1n) is 6.17. The quantitative estimate of drug-likeness (QED) is 0.715. The first kappa shape index (κ1) is 13.1. The Morgan fingerprint density at radius 2 is 2.33 bits per heavy atom. The molecule has 1 aromatic rings. The molecule has 100 valence electrons. The second-order valence-corrected chi connectivity index (χ2v) is 4.79. The minimum atomic E-state index is -0.370. The van der Waals surface area contributed by atoms with E-state index in [1.807, 2.05) is 0 Å². The van der Waals surface area contributed by atoms with E-state index >= 15 is 0 Å². The number of carbonyl (C=O) groups excluding carboxylic acids is 1. The van der Waals surface area contributed by atoms with Crippen LogP contribution in [-0.4, -0.2) is 62.7 Å². The molecule has 1 atom stereocenters. The number of nitrogens with zero attached hydrogens (tertiary/aromatic N) is 5. The van der Waals surface area contributed by atoms with E-state index in [1.54, 1.807) is 7.05 Å². The predicted octanol–water partition coefficient (Wildman–Crippen LogP) is -0.569. The lowest BCUT2D eigenvalue weighted by atomic mass is 10.1. The van der Waals surface area contributed by atoms with Gasteiger partial charge in [0, 0.05) is 19.1 Å². The van der Waals surface area contributed by atoms with Crippen molar-refractivity contribution in [2.75, 3.05) is 19.7 Å². The summed E-state index contributed by atoms with van der Waals surface area (Å²) >= 11 is 0. The Morgan fingerprint density at radius 1 is 1.56 bits per heavy atom. The maximum absolute atomic E-state index is 12.1. The lowest BCUT2D eigenvalue weighted by Crippen LogP contribution is -2.49. The molecular formula is C11H19N5O2. The Hall–Kier alpha value is -1.34. The molecule has 18 heavy (non-hydrogen) atoms. The summed E-state index contributed by atoms with van der Waals surface area (Å²) in [5, 5.41) is 11.5. The third kappa shape index (κ3) is 3.11. The lowest BCUT2D eigenvalue weighted by Gasteiger charge is -2.34. The van der Waals surface area contributed by atoms with E-state index in [-0.39, 0.29) is 18.3 Å². The van der Waals surface area contributed by atoms with Crippen molar-refractivity contribution in [3.8, 4) is 0 Å². The van der Waals surface area contributed by atoms with Crippen molar-refractivity contribution in [3.63, 3.8) is 0 Å². The fourth-order valence-corrected chi connectivity index (χ4v) is 2.00. The highest BCUT2D eigenvalue weighted by Gasteiger charge is 2.28. The number of aromatic nitrogens is 4. The first-order chi connectivity index (χ1) is 8.56. The second-order valence-electron chi connectivity index (χ2n) is 4.79. The summed E-state index contributed by atoms with van der Waals surface area (Å²) in [5.74, 6) is 0.473. The number of carbonyl (C=O) groups is 1. The van der Waals surface area contributed by atoms with Gasteiger partial charge in [0.1, 0.15) is 6.10 Å². The standard InChI is InChI=1S/C11H19N5O2/c1-8(2)16-4-5-18-10(7-16)9(17)6-11-12-14-15(3)13-11/h8,10H,4-7H2,1-3H3. The van der Waals surface area contributed by atoms with E-state index in [0.717, 1.165) is 6.54 Å². The van der Waals surface area contributed by atoms with Crippen LogP contribution in [0.5, 0.6) is 0 Å². The van der Waals surface area contributed by atoms with Crippen LogP contribution < -0.4 is 0 Å². The van der Waals surface area contributed by atoms with E-state index in [4.69, 9.17) is 4.74 Å². The number of hydrogen-bond acceptors (Lipinski definition) is 6. The Bertz CT molecular complexity index is 417. The smallest absolute Gasteiger partial charge is 0.182 e. The van der Waals surface area contributed by atoms with Crippen molar-refractivity contribution in [1.29, 1.82) is 0 Å². The number of Topliss-reactive ketones (excluding diaryl/α,β-unsaturated/α-hetero) is 1. The summed E-state index contributed by atoms with van der Waals surface area (Å²) in [6.07, 6.45) is -0.185. The molecule has 2 rings (SSSR count). The molecule has 0 radical (unpaired) electrons. The molecule has 7 nitrogen and oxygen atoms in total. The van der Waals surface area contributed by atoms with Gasteiger partial charge in [-0.05, 0) is 19.1 Å². The summed E-state index contributed by atoms with van der Waals surface area (Å²) in [4.78, 5) is 15.7. The topological polar surface area (TPSA) is 73.1 Å². The minimum absolute atomic E-state index is 0.0216. The normalized spacial score (nSPS) is 21.4. The molecule has 0 aromatic carbocycles. The molecule has 0 saturated carbocycles. The Balaban J connectivity index is 1.92. The van der Waals surface area contributed by atoms with Crippen LogP contribution >= 0.6 is 0 Å². The molecule has 1 saturated heterocycles. The van der Waals surface area contributed by atoms with Crippen molar-refractivity contribution in [2.24, 2.45) is 7.05 Å². The molecule has 1 fully saturated rings. The van der Waals surface area contributed by atoms with E-state index in [1.165, 1.54) is 4.80 Å². The average Bonchev–Trinajstić information content (AvgIpc) is 2.75. The van der Waals surface area contributed by atoms with Crippen LogP contribution in [0.4, 0.5) is 0 Å². The van der Waals surface area contributed by atoms with E-state index in [9.17, 15) is 4.79 Å². The monoisotopic (exact) mass is 253 g/mol. The first-order valence-corrected chi connectivity index (χ1v) is 6.17. The van der Waals surface area contributed by atoms with Gasteiger partial charge < -0.3 is 4.74 Å². The zero-order valence-corrected chi connectivity index (χ0v) is 11.0. The molecule has 0 spiro atoms. The van der Waals surface area contributed by atoms with Crippen molar-refractivity contribution < 1.29 is 9.53 Å². The van der Waals surface area contributed by atoms with Gasteiger partial charge in [0.05, 0.1) is 20.1 Å². The fourth-order valence-electron chi connectivity index (χ4n) is 2.00. The van der Waals surface area contributed by atoms with Gasteiger partial charge >= 0.3 is 0 Å². The highest BCUT2D eigenvalue weighted by atomic mass is 16.5. The Kier molecular flexibility index (Phi) is 4.03. The van der Waals surface area contributed by atoms with Crippen LogP contribution in [-0.2, 0) is 23.0 Å². The van der Waals surface area contributed by atoms with Gasteiger partial charge in [-0.25, -0.2) is 0 Å². The Morgan fingerprint density at radius 3 is 2.94 bits per heavy atom. The molecule has 1 unspecified atom stereocenters. The molecule has 1 aromatic heterocycles. The number of aryl methyl sites for hydroxylation is 1. The largest absolute Gasteiger partial charge is 0.368 e. The van der Waals surface area contributed by atoms with Crippen LogP contribution in [0.2, 0.25) is 0 Å². The molecule has 7 heteroatoms. The number of tetrazole rings is 1. The molecule has 0 aliphatic carbocycles. The number of hydrogen-bond donors (Lipinski definition) is 0. The summed E-state index contributed by atoms with van der Waals surface area (Å²) in [7, 11) is 1.68. The highest BCUT2D eigenvalue weighted by Crippen LogP contribution is 2.10. The molecule has 1 aliphatic rings. The van der Waals surface area contributed by atoms with Gasteiger partial charge in [0.25, 0.3) is 0 Å². The highest BCUT2D eigenvalue weighted by molar-refractivity contribution is 5.84. The van der Waals surface area contributed by atoms with Crippen molar-refractivity contribution >= 4 is 5.78 Å². The van der Waals surface area contributed by atoms with Gasteiger partial charge in [-0.2, -0.15) is 4.80 Å². The van der Waals surface area contributed by atoms with Crippen LogP contribution in [0, 0.1) is 0 Å². The zero-order chi connectivity index (χ0) is 13.1. The van der Waals surface area contributed by atoms with Crippen LogP contribution in [0.15, 0.2) is 0 Å². The van der Waals surface area contributed by atoms with Gasteiger partial charge in [-0.3, -0.25) is 9.69 Å². The average molecular weight is 253 g/mol. The summed E-state index contributed by atoms with van der Waals surface area (Å²) in [5.41, 5.74) is 0. The SMILES string of the molecule is CC(C)N1CCOC(C(=O)Cc2nnn(C)n2)C1. The van der Waals surface area contributed by atoms with Crippen LogP contribution in [0.1, 0.15) is 19.7 Å². The van der Waals surface area contributed by atoms with Gasteiger partial charge in [0.2, 0.25) is 0 Å². The minimum Gasteiger partial charge on any atom is -0.368 e. The molecule has 0 amide bonds. The molecule has 1 aliphatic heterocycles. The third-order valence-corrected chi connectivity index (χ3v) is 3.07. The number of ketones is 1. The summed E-state index contributed by atoms with van der Waals surface area (Å²) in [6, 6.07) is 0.429. The van der Waals surface area contributed by atoms with E-state index in [0.29, 0.717) is 25.0 Å². The van der Waals surface area contributed by atoms with Gasteiger partial charge in [-0.1, -0.05) is 0 Å². The zero-order valence-electron chi connectivity index (χ0n) is 11.0. The molecular weight excluding hydrogens is 234 g/mol. The van der Waals surface area contributed by atoms with Gasteiger partial charge in [-0.15, -0.1) is 10.2 Å². The lowest BCUT2D eigenvalue weighted by molar-refractivity contribution is -0.136. The van der Waals surface area contributed by atoms with Crippen molar-refractivity contribution in [1.82, 2.24) is 25.1 Å².